The molecule has 0 fully saturated rings. The van der Waals surface area contributed by atoms with Crippen molar-refractivity contribution >= 4 is 15.9 Å². The van der Waals surface area contributed by atoms with Crippen LogP contribution < -0.4 is 10.0 Å². The topological polar surface area (TPSA) is 75.3 Å². The molecule has 0 bridgehead atoms. The lowest BCUT2D eigenvalue weighted by atomic mass is 10.0. The number of amides is 1. The molecule has 0 spiro atoms. The minimum absolute atomic E-state index is 0.0464. The molecular formula is C11H15FN2O3S. The highest BCUT2D eigenvalue weighted by atomic mass is 32.2. The summed E-state index contributed by atoms with van der Waals surface area (Å²) in [7, 11) is -2.00. The van der Waals surface area contributed by atoms with Gasteiger partial charge in [0, 0.05) is 13.5 Å². The third kappa shape index (κ3) is 4.80. The third-order valence-corrected chi connectivity index (χ3v) is 3.01. The first-order chi connectivity index (χ1) is 8.31. The highest BCUT2D eigenvalue weighted by molar-refractivity contribution is 7.88. The van der Waals surface area contributed by atoms with Crippen LogP contribution in [-0.2, 0) is 14.8 Å². The maximum Gasteiger partial charge on any atom is 0.221 e. The fourth-order valence-corrected chi connectivity index (χ4v) is 2.20. The number of hydrogen-bond acceptors (Lipinski definition) is 3. The van der Waals surface area contributed by atoms with Gasteiger partial charge >= 0.3 is 0 Å². The van der Waals surface area contributed by atoms with Crippen LogP contribution >= 0.6 is 0 Å². The Labute approximate surface area is 105 Å². The van der Waals surface area contributed by atoms with Gasteiger partial charge in [0.2, 0.25) is 15.9 Å². The van der Waals surface area contributed by atoms with Crippen molar-refractivity contribution in [3.8, 4) is 0 Å². The standard InChI is InChI=1S/C11H15FN2O3S/c1-13-11(15)7-10(14-18(2,16)17)8-3-5-9(12)6-4-8/h3-6,10,14H,7H2,1-2H3,(H,13,15). The molecule has 0 saturated carbocycles. The van der Waals surface area contributed by atoms with Crippen LogP contribution in [0.4, 0.5) is 4.39 Å². The number of benzene rings is 1. The number of carbonyl (C=O) groups is 1. The van der Waals surface area contributed by atoms with E-state index in [1.54, 1.807) is 0 Å². The summed E-state index contributed by atoms with van der Waals surface area (Å²) in [6.07, 6.45) is 0.961. The summed E-state index contributed by atoms with van der Waals surface area (Å²) in [4.78, 5) is 11.3. The zero-order valence-electron chi connectivity index (χ0n) is 10.1. The number of rotatable bonds is 5. The summed E-state index contributed by atoms with van der Waals surface area (Å²) in [6, 6.07) is 4.62. The quantitative estimate of drug-likeness (QED) is 0.823. The summed E-state index contributed by atoms with van der Waals surface area (Å²) < 4.78 is 37.6. The molecule has 2 N–H and O–H groups in total. The van der Waals surface area contributed by atoms with Gasteiger partial charge in [0.25, 0.3) is 0 Å². The average Bonchev–Trinajstić information content (AvgIpc) is 2.27. The van der Waals surface area contributed by atoms with E-state index in [9.17, 15) is 17.6 Å². The van der Waals surface area contributed by atoms with Crippen LogP contribution in [0, 0.1) is 5.82 Å². The van der Waals surface area contributed by atoms with E-state index in [1.165, 1.54) is 31.3 Å². The second kappa shape index (κ2) is 5.92. The fourth-order valence-electron chi connectivity index (χ4n) is 1.47. The maximum atomic E-state index is 12.8. The zero-order valence-corrected chi connectivity index (χ0v) is 10.9. The zero-order chi connectivity index (χ0) is 13.8. The highest BCUT2D eigenvalue weighted by Gasteiger charge is 2.19. The minimum Gasteiger partial charge on any atom is -0.359 e. The van der Waals surface area contributed by atoms with Gasteiger partial charge in [-0.15, -0.1) is 0 Å². The van der Waals surface area contributed by atoms with E-state index in [0.717, 1.165) is 6.26 Å². The third-order valence-electron chi connectivity index (χ3n) is 2.30. The molecule has 0 aliphatic carbocycles. The van der Waals surface area contributed by atoms with E-state index in [4.69, 9.17) is 0 Å². The van der Waals surface area contributed by atoms with E-state index in [2.05, 4.69) is 10.0 Å². The van der Waals surface area contributed by atoms with Crippen LogP contribution in [0.1, 0.15) is 18.0 Å². The molecule has 0 aromatic heterocycles. The van der Waals surface area contributed by atoms with Crippen LogP contribution in [-0.4, -0.2) is 27.6 Å². The van der Waals surface area contributed by atoms with Gasteiger partial charge in [-0.25, -0.2) is 17.5 Å². The number of halogens is 1. The molecule has 1 rings (SSSR count). The first-order valence-corrected chi connectivity index (χ1v) is 7.14. The Kier molecular flexibility index (Phi) is 4.80. The number of hydrogen-bond donors (Lipinski definition) is 2. The van der Waals surface area contributed by atoms with Crippen molar-refractivity contribution in [3.63, 3.8) is 0 Å². The minimum atomic E-state index is -3.46. The van der Waals surface area contributed by atoms with Crippen molar-refractivity contribution in [2.24, 2.45) is 0 Å². The van der Waals surface area contributed by atoms with Gasteiger partial charge in [-0.2, -0.15) is 0 Å². The Morgan fingerprint density at radius 1 is 1.33 bits per heavy atom. The number of sulfonamides is 1. The van der Waals surface area contributed by atoms with E-state index in [0.29, 0.717) is 5.56 Å². The second-order valence-corrected chi connectivity index (χ2v) is 5.65. The average molecular weight is 274 g/mol. The monoisotopic (exact) mass is 274 g/mol. The molecule has 0 radical (unpaired) electrons. The summed E-state index contributed by atoms with van der Waals surface area (Å²) in [5, 5.41) is 2.41. The first-order valence-electron chi connectivity index (χ1n) is 5.25. The van der Waals surface area contributed by atoms with Gasteiger partial charge in [0.15, 0.2) is 0 Å². The Bertz CT molecular complexity index is 514. The summed E-state index contributed by atoms with van der Waals surface area (Å²) in [6.45, 7) is 0. The fraction of sp³-hybridized carbons (Fsp3) is 0.364. The molecule has 7 heteroatoms. The van der Waals surface area contributed by atoms with Gasteiger partial charge in [-0.05, 0) is 17.7 Å². The Balaban J connectivity index is 2.96. The lowest BCUT2D eigenvalue weighted by molar-refractivity contribution is -0.121. The Hall–Kier alpha value is -1.47. The van der Waals surface area contributed by atoms with Gasteiger partial charge in [-0.3, -0.25) is 4.79 Å². The first kappa shape index (κ1) is 14.6. The lowest BCUT2D eigenvalue weighted by Gasteiger charge is -2.17. The predicted octanol–water partition coefficient (Wildman–Crippen LogP) is 0.552. The molecule has 100 valence electrons. The molecule has 0 heterocycles. The van der Waals surface area contributed by atoms with Crippen LogP contribution in [0.2, 0.25) is 0 Å². The predicted molar refractivity (Wildman–Crippen MR) is 65.8 cm³/mol. The van der Waals surface area contributed by atoms with Gasteiger partial charge in [0.1, 0.15) is 5.82 Å². The number of carbonyl (C=O) groups excluding carboxylic acids is 1. The summed E-state index contributed by atoms with van der Waals surface area (Å²) in [5.41, 5.74) is 0.533. The molecule has 1 unspecified atom stereocenters. The molecule has 5 nitrogen and oxygen atoms in total. The summed E-state index contributed by atoms with van der Waals surface area (Å²) in [5.74, 6) is -0.725. The second-order valence-electron chi connectivity index (χ2n) is 3.87. The molecule has 1 atom stereocenters. The normalized spacial score (nSPS) is 13.1. The molecule has 0 aliphatic heterocycles. The highest BCUT2D eigenvalue weighted by Crippen LogP contribution is 2.18. The Morgan fingerprint density at radius 3 is 2.33 bits per heavy atom. The number of nitrogens with one attached hydrogen (secondary N) is 2. The molecule has 1 amide bonds. The maximum absolute atomic E-state index is 12.8. The van der Waals surface area contributed by atoms with Gasteiger partial charge in [-0.1, -0.05) is 12.1 Å². The molecule has 0 aliphatic rings. The van der Waals surface area contributed by atoms with Crippen molar-refractivity contribution in [1.82, 2.24) is 10.0 Å². The van der Waals surface area contributed by atoms with Gasteiger partial charge < -0.3 is 5.32 Å². The van der Waals surface area contributed by atoms with Crippen LogP contribution in [0.25, 0.3) is 0 Å². The SMILES string of the molecule is CNC(=O)CC(NS(C)(=O)=O)c1ccc(F)cc1. The van der Waals surface area contributed by atoms with E-state index in [1.807, 2.05) is 0 Å². The largest absolute Gasteiger partial charge is 0.359 e. The van der Waals surface area contributed by atoms with Crippen LogP contribution in [0.15, 0.2) is 24.3 Å². The van der Waals surface area contributed by atoms with E-state index < -0.39 is 21.9 Å². The van der Waals surface area contributed by atoms with Crippen molar-refractivity contribution < 1.29 is 17.6 Å². The van der Waals surface area contributed by atoms with E-state index in [-0.39, 0.29) is 12.3 Å². The van der Waals surface area contributed by atoms with Gasteiger partial charge in [0.05, 0.1) is 12.3 Å². The molecule has 1 aromatic rings. The molecule has 18 heavy (non-hydrogen) atoms. The van der Waals surface area contributed by atoms with Crippen molar-refractivity contribution in [1.29, 1.82) is 0 Å². The Morgan fingerprint density at radius 2 is 1.89 bits per heavy atom. The smallest absolute Gasteiger partial charge is 0.221 e. The molecular weight excluding hydrogens is 259 g/mol. The lowest BCUT2D eigenvalue weighted by Crippen LogP contribution is -2.32. The molecule has 0 saturated heterocycles. The summed E-state index contributed by atoms with van der Waals surface area (Å²) >= 11 is 0. The van der Waals surface area contributed by atoms with E-state index >= 15 is 0 Å². The van der Waals surface area contributed by atoms with Crippen LogP contribution in [0.5, 0.6) is 0 Å². The van der Waals surface area contributed by atoms with Crippen molar-refractivity contribution in [3.05, 3.63) is 35.6 Å². The van der Waals surface area contributed by atoms with Crippen molar-refractivity contribution in [2.75, 3.05) is 13.3 Å². The molecule has 1 aromatic carbocycles. The van der Waals surface area contributed by atoms with Crippen molar-refractivity contribution in [2.45, 2.75) is 12.5 Å². The van der Waals surface area contributed by atoms with Crippen LogP contribution in [0.3, 0.4) is 0 Å².